The molecule has 1 aliphatic rings. The average Bonchev–Trinajstić information content (AvgIpc) is 2.51. The van der Waals surface area contributed by atoms with Gasteiger partial charge in [-0.05, 0) is 35.4 Å². The Labute approximate surface area is 134 Å². The molecule has 0 bridgehead atoms. The summed E-state index contributed by atoms with van der Waals surface area (Å²) >= 11 is 0. The fourth-order valence-electron chi connectivity index (χ4n) is 2.55. The number of carboxylic acids is 1. The molecule has 2 aromatic rings. The van der Waals surface area contributed by atoms with Crippen LogP contribution in [0.1, 0.15) is 11.1 Å². The van der Waals surface area contributed by atoms with Gasteiger partial charge in [0.25, 0.3) is 0 Å². The lowest BCUT2D eigenvalue weighted by Crippen LogP contribution is -2.49. The largest absolute Gasteiger partial charge is 0.489 e. The lowest BCUT2D eigenvalue weighted by molar-refractivity contribution is -0.147. The Morgan fingerprint density at radius 3 is 2.30 bits per heavy atom. The molecule has 1 saturated heterocycles. The Morgan fingerprint density at radius 1 is 1.09 bits per heavy atom. The summed E-state index contributed by atoms with van der Waals surface area (Å²) in [5.41, 5.74) is 2.04. The van der Waals surface area contributed by atoms with Crippen LogP contribution < -0.4 is 4.74 Å². The second-order valence-electron chi connectivity index (χ2n) is 5.79. The molecule has 4 nitrogen and oxygen atoms in total. The van der Waals surface area contributed by atoms with Crippen molar-refractivity contribution in [3.8, 4) is 5.75 Å². The number of aliphatic carboxylic acids is 1. The van der Waals surface area contributed by atoms with E-state index >= 15 is 0 Å². The highest BCUT2D eigenvalue weighted by Gasteiger charge is 2.31. The summed E-state index contributed by atoms with van der Waals surface area (Å²) in [4.78, 5) is 12.9. The molecule has 23 heavy (non-hydrogen) atoms. The van der Waals surface area contributed by atoms with Gasteiger partial charge in [-0.15, -0.1) is 0 Å². The first-order chi connectivity index (χ1) is 11.1. The number of ether oxygens (including phenoxy) is 1. The van der Waals surface area contributed by atoms with Crippen LogP contribution in [0.3, 0.4) is 0 Å². The third-order valence-corrected chi connectivity index (χ3v) is 3.95. The normalized spacial score (nSPS) is 15.2. The summed E-state index contributed by atoms with van der Waals surface area (Å²) in [6.45, 7) is 2.37. The first-order valence-corrected chi connectivity index (χ1v) is 7.51. The van der Waals surface area contributed by atoms with Gasteiger partial charge in [0.1, 0.15) is 18.2 Å². The Hall–Kier alpha value is -2.40. The summed E-state index contributed by atoms with van der Waals surface area (Å²) in [5, 5.41) is 8.86. The van der Waals surface area contributed by atoms with Crippen LogP contribution in [0.2, 0.25) is 0 Å². The summed E-state index contributed by atoms with van der Waals surface area (Å²) in [5.74, 6) is -0.446. The zero-order valence-corrected chi connectivity index (χ0v) is 12.6. The molecule has 1 N–H and O–H groups in total. The molecule has 0 aliphatic carbocycles. The standard InChI is InChI=1S/C18H18FNO3/c19-16-5-1-14(2-6-16)12-23-17-7-3-13(4-8-17)9-20-10-15(11-20)18(21)22/h1-8,15H,9-12H2,(H,21,22). The van der Waals surface area contributed by atoms with Crippen LogP contribution in [-0.4, -0.2) is 29.1 Å². The molecule has 5 heteroatoms. The highest BCUT2D eigenvalue weighted by atomic mass is 19.1. The van der Waals surface area contributed by atoms with E-state index in [1.807, 2.05) is 24.3 Å². The molecule has 1 fully saturated rings. The lowest BCUT2D eigenvalue weighted by atomic mass is 10.00. The van der Waals surface area contributed by atoms with Crippen LogP contribution in [-0.2, 0) is 17.9 Å². The smallest absolute Gasteiger partial charge is 0.309 e. The topological polar surface area (TPSA) is 49.8 Å². The zero-order chi connectivity index (χ0) is 16.2. The number of hydrogen-bond acceptors (Lipinski definition) is 3. The third-order valence-electron chi connectivity index (χ3n) is 3.95. The quantitative estimate of drug-likeness (QED) is 0.890. The van der Waals surface area contributed by atoms with Crippen LogP contribution in [0, 0.1) is 11.7 Å². The summed E-state index contributed by atoms with van der Waals surface area (Å²) < 4.78 is 18.5. The number of carboxylic acid groups (broad SMARTS) is 1. The first kappa shape index (κ1) is 15.5. The molecule has 0 saturated carbocycles. The predicted octanol–water partition coefficient (Wildman–Crippen LogP) is 2.92. The Kier molecular flexibility index (Phi) is 4.57. The maximum atomic E-state index is 12.8. The van der Waals surface area contributed by atoms with Gasteiger partial charge < -0.3 is 9.84 Å². The van der Waals surface area contributed by atoms with Crippen molar-refractivity contribution in [1.82, 2.24) is 4.90 Å². The van der Waals surface area contributed by atoms with Crippen LogP contribution in [0.5, 0.6) is 5.75 Å². The summed E-state index contributed by atoms with van der Waals surface area (Å²) in [7, 11) is 0. The van der Waals surface area contributed by atoms with Gasteiger partial charge in [0.15, 0.2) is 0 Å². The number of carbonyl (C=O) groups is 1. The predicted molar refractivity (Wildman–Crippen MR) is 83.6 cm³/mol. The Balaban J connectivity index is 1.47. The van der Waals surface area contributed by atoms with E-state index in [0.29, 0.717) is 19.7 Å². The van der Waals surface area contributed by atoms with Crippen LogP contribution in [0.25, 0.3) is 0 Å². The first-order valence-electron chi connectivity index (χ1n) is 7.51. The van der Waals surface area contributed by atoms with E-state index in [0.717, 1.165) is 23.4 Å². The van der Waals surface area contributed by atoms with Gasteiger partial charge in [0.2, 0.25) is 0 Å². The van der Waals surface area contributed by atoms with Gasteiger partial charge in [-0.1, -0.05) is 24.3 Å². The Bertz CT molecular complexity index is 664. The number of halogens is 1. The van der Waals surface area contributed by atoms with E-state index in [1.54, 1.807) is 12.1 Å². The van der Waals surface area contributed by atoms with E-state index in [4.69, 9.17) is 9.84 Å². The van der Waals surface area contributed by atoms with Gasteiger partial charge >= 0.3 is 5.97 Å². The molecular weight excluding hydrogens is 297 g/mol. The minimum absolute atomic E-state index is 0.228. The molecule has 2 aromatic carbocycles. The van der Waals surface area contributed by atoms with Gasteiger partial charge in [0, 0.05) is 19.6 Å². The number of hydrogen-bond donors (Lipinski definition) is 1. The molecule has 0 unspecified atom stereocenters. The van der Waals surface area contributed by atoms with E-state index in [2.05, 4.69) is 4.90 Å². The molecule has 0 aromatic heterocycles. The van der Waals surface area contributed by atoms with Crippen molar-refractivity contribution in [1.29, 1.82) is 0 Å². The van der Waals surface area contributed by atoms with Gasteiger partial charge in [0.05, 0.1) is 5.92 Å². The Morgan fingerprint density at radius 2 is 1.70 bits per heavy atom. The van der Waals surface area contributed by atoms with Crippen molar-refractivity contribution >= 4 is 5.97 Å². The van der Waals surface area contributed by atoms with Crippen molar-refractivity contribution in [3.05, 3.63) is 65.5 Å². The van der Waals surface area contributed by atoms with Crippen molar-refractivity contribution in [2.75, 3.05) is 13.1 Å². The second kappa shape index (κ2) is 6.79. The SMILES string of the molecule is O=C(O)C1CN(Cc2ccc(OCc3ccc(F)cc3)cc2)C1. The molecular formula is C18H18FNO3. The average molecular weight is 315 g/mol. The molecule has 0 spiro atoms. The number of rotatable bonds is 6. The van der Waals surface area contributed by atoms with Crippen LogP contribution >= 0.6 is 0 Å². The van der Waals surface area contributed by atoms with Crippen LogP contribution in [0.15, 0.2) is 48.5 Å². The lowest BCUT2D eigenvalue weighted by Gasteiger charge is -2.36. The van der Waals surface area contributed by atoms with E-state index in [1.165, 1.54) is 12.1 Å². The van der Waals surface area contributed by atoms with Crippen molar-refractivity contribution in [3.63, 3.8) is 0 Å². The minimum Gasteiger partial charge on any atom is -0.489 e. The maximum absolute atomic E-state index is 12.8. The monoisotopic (exact) mass is 315 g/mol. The number of benzene rings is 2. The van der Waals surface area contributed by atoms with Crippen molar-refractivity contribution in [2.45, 2.75) is 13.2 Å². The van der Waals surface area contributed by atoms with E-state index in [-0.39, 0.29) is 11.7 Å². The van der Waals surface area contributed by atoms with Gasteiger partial charge in [-0.3, -0.25) is 9.69 Å². The molecule has 1 aliphatic heterocycles. The summed E-state index contributed by atoms with van der Waals surface area (Å²) in [6, 6.07) is 14.0. The maximum Gasteiger partial charge on any atom is 0.309 e. The summed E-state index contributed by atoms with van der Waals surface area (Å²) in [6.07, 6.45) is 0. The fraction of sp³-hybridized carbons (Fsp3) is 0.278. The van der Waals surface area contributed by atoms with Crippen LogP contribution in [0.4, 0.5) is 4.39 Å². The van der Waals surface area contributed by atoms with Gasteiger partial charge in [-0.2, -0.15) is 0 Å². The molecule has 0 radical (unpaired) electrons. The molecule has 0 atom stereocenters. The van der Waals surface area contributed by atoms with Gasteiger partial charge in [-0.25, -0.2) is 4.39 Å². The third kappa shape index (κ3) is 4.07. The highest BCUT2D eigenvalue weighted by molar-refractivity contribution is 5.71. The van der Waals surface area contributed by atoms with Crippen molar-refractivity contribution in [2.24, 2.45) is 5.92 Å². The van der Waals surface area contributed by atoms with E-state index in [9.17, 15) is 9.18 Å². The van der Waals surface area contributed by atoms with E-state index < -0.39 is 5.97 Å². The number of likely N-dealkylation sites (tertiary alicyclic amines) is 1. The minimum atomic E-state index is -0.717. The van der Waals surface area contributed by atoms with Crippen molar-refractivity contribution < 1.29 is 19.0 Å². The molecule has 0 amide bonds. The fourth-order valence-corrected chi connectivity index (χ4v) is 2.55. The highest BCUT2D eigenvalue weighted by Crippen LogP contribution is 2.20. The molecule has 1 heterocycles. The molecule has 120 valence electrons. The number of nitrogens with zero attached hydrogens (tertiary/aromatic N) is 1. The zero-order valence-electron chi connectivity index (χ0n) is 12.6. The molecule has 3 rings (SSSR count). The second-order valence-corrected chi connectivity index (χ2v) is 5.79.